The number of aromatic nitrogens is 2. The number of nitrogens with zero attached hydrogens (tertiary/aromatic N) is 3. The van der Waals surface area contributed by atoms with Crippen molar-refractivity contribution in [1.29, 1.82) is 0 Å². The molecule has 128 valence electrons. The fourth-order valence-electron chi connectivity index (χ4n) is 2.71. The van der Waals surface area contributed by atoms with Crippen LogP contribution >= 0.6 is 11.8 Å². The van der Waals surface area contributed by atoms with E-state index in [4.69, 9.17) is 9.26 Å². The Hall–Kier alpha value is -2.02. The molecular weight excluding hydrogens is 326 g/mol. The quantitative estimate of drug-likeness (QED) is 0.828. The van der Waals surface area contributed by atoms with E-state index in [1.54, 1.807) is 16.7 Å². The third kappa shape index (κ3) is 3.72. The Morgan fingerprint density at radius 2 is 2.17 bits per heavy atom. The van der Waals surface area contributed by atoms with Gasteiger partial charge in [-0.05, 0) is 32.2 Å². The summed E-state index contributed by atoms with van der Waals surface area (Å²) >= 11 is 1.63. The number of benzene rings is 1. The number of amides is 1. The van der Waals surface area contributed by atoms with Crippen LogP contribution in [-0.4, -0.2) is 34.4 Å². The monoisotopic (exact) mass is 347 g/mol. The highest BCUT2D eigenvalue weighted by Gasteiger charge is 2.34. The first-order chi connectivity index (χ1) is 11.5. The summed E-state index contributed by atoms with van der Waals surface area (Å²) in [5.41, 5.74) is 0.399. The second-order valence-electron chi connectivity index (χ2n) is 6.35. The Kier molecular flexibility index (Phi) is 4.80. The Morgan fingerprint density at radius 1 is 1.38 bits per heavy atom. The fraction of sp³-hybridized carbons (Fsp3) is 0.471. The van der Waals surface area contributed by atoms with Crippen LogP contribution in [0.2, 0.25) is 0 Å². The van der Waals surface area contributed by atoms with Crippen molar-refractivity contribution in [2.75, 3.05) is 17.7 Å². The second-order valence-corrected chi connectivity index (χ2v) is 7.21. The van der Waals surface area contributed by atoms with E-state index >= 15 is 0 Å². The first-order valence-corrected chi connectivity index (χ1v) is 9.27. The second kappa shape index (κ2) is 6.84. The van der Waals surface area contributed by atoms with Crippen molar-refractivity contribution in [3.05, 3.63) is 36.0 Å². The SMILES string of the molecule is CSCc1noc(CCC(=O)N2CC(C)(C)Oc3ccccc32)n1. The van der Waals surface area contributed by atoms with Gasteiger partial charge in [0.05, 0.1) is 18.0 Å². The average molecular weight is 347 g/mol. The molecule has 0 N–H and O–H groups in total. The van der Waals surface area contributed by atoms with Gasteiger partial charge in [-0.15, -0.1) is 0 Å². The maximum atomic E-state index is 12.7. The minimum atomic E-state index is -0.417. The van der Waals surface area contributed by atoms with E-state index in [1.165, 1.54) is 0 Å². The summed E-state index contributed by atoms with van der Waals surface area (Å²) in [7, 11) is 0. The van der Waals surface area contributed by atoms with Gasteiger partial charge in [-0.25, -0.2) is 0 Å². The van der Waals surface area contributed by atoms with Gasteiger partial charge >= 0.3 is 0 Å². The molecule has 0 saturated carbocycles. The largest absolute Gasteiger partial charge is 0.484 e. The summed E-state index contributed by atoms with van der Waals surface area (Å²) in [5.74, 6) is 2.66. The topological polar surface area (TPSA) is 68.5 Å². The first-order valence-electron chi connectivity index (χ1n) is 7.87. The summed E-state index contributed by atoms with van der Waals surface area (Å²) in [6, 6.07) is 7.62. The minimum Gasteiger partial charge on any atom is -0.484 e. The lowest BCUT2D eigenvalue weighted by molar-refractivity contribution is -0.119. The van der Waals surface area contributed by atoms with Crippen molar-refractivity contribution >= 4 is 23.4 Å². The molecule has 7 heteroatoms. The van der Waals surface area contributed by atoms with Crippen LogP contribution in [0.4, 0.5) is 5.69 Å². The lowest BCUT2D eigenvalue weighted by Crippen LogP contribution is -2.49. The lowest BCUT2D eigenvalue weighted by atomic mass is 10.0. The molecule has 0 spiro atoms. The van der Waals surface area contributed by atoms with Crippen LogP contribution in [0.15, 0.2) is 28.8 Å². The lowest BCUT2D eigenvalue weighted by Gasteiger charge is -2.39. The van der Waals surface area contributed by atoms with E-state index in [2.05, 4.69) is 10.1 Å². The van der Waals surface area contributed by atoms with Crippen molar-refractivity contribution in [2.24, 2.45) is 0 Å². The summed E-state index contributed by atoms with van der Waals surface area (Å²) in [4.78, 5) is 18.8. The highest BCUT2D eigenvalue weighted by molar-refractivity contribution is 7.97. The highest BCUT2D eigenvalue weighted by Crippen LogP contribution is 2.36. The van der Waals surface area contributed by atoms with E-state index in [0.717, 1.165) is 11.4 Å². The summed E-state index contributed by atoms with van der Waals surface area (Å²) < 4.78 is 11.2. The number of fused-ring (bicyclic) bond motifs is 1. The zero-order valence-electron chi connectivity index (χ0n) is 14.1. The molecule has 0 atom stereocenters. The standard InChI is InChI=1S/C17H21N3O3S/c1-17(2)11-20(12-6-4-5-7-13(12)22-17)16(21)9-8-15-18-14(10-24-3)19-23-15/h4-7H,8-11H2,1-3H3. The predicted molar refractivity (Wildman–Crippen MR) is 93.3 cm³/mol. The van der Waals surface area contributed by atoms with Crippen LogP contribution in [0.1, 0.15) is 32.0 Å². The van der Waals surface area contributed by atoms with Crippen molar-refractivity contribution in [1.82, 2.24) is 10.1 Å². The molecule has 2 aromatic rings. The van der Waals surface area contributed by atoms with Crippen molar-refractivity contribution in [2.45, 2.75) is 38.0 Å². The van der Waals surface area contributed by atoms with E-state index in [0.29, 0.717) is 36.9 Å². The number of thioether (sulfide) groups is 1. The van der Waals surface area contributed by atoms with Crippen molar-refractivity contribution in [3.63, 3.8) is 0 Å². The zero-order chi connectivity index (χ0) is 17.2. The molecule has 0 aliphatic carbocycles. The van der Waals surface area contributed by atoms with Crippen molar-refractivity contribution < 1.29 is 14.1 Å². The molecule has 0 unspecified atom stereocenters. The van der Waals surface area contributed by atoms with Crippen LogP contribution < -0.4 is 9.64 Å². The maximum Gasteiger partial charge on any atom is 0.227 e. The number of hydrogen-bond donors (Lipinski definition) is 0. The van der Waals surface area contributed by atoms with E-state index < -0.39 is 5.60 Å². The number of ether oxygens (including phenoxy) is 1. The van der Waals surface area contributed by atoms with Gasteiger partial charge in [-0.2, -0.15) is 16.7 Å². The molecule has 1 aromatic carbocycles. The molecule has 0 fully saturated rings. The predicted octanol–water partition coefficient (Wildman–Crippen LogP) is 3.07. The number of carbonyl (C=O) groups excluding carboxylic acids is 1. The smallest absolute Gasteiger partial charge is 0.227 e. The molecule has 0 radical (unpaired) electrons. The van der Waals surface area contributed by atoms with Crippen LogP contribution in [0.3, 0.4) is 0 Å². The van der Waals surface area contributed by atoms with Gasteiger partial charge < -0.3 is 14.2 Å². The minimum absolute atomic E-state index is 0.0310. The van der Waals surface area contributed by atoms with Gasteiger partial charge in [-0.3, -0.25) is 4.79 Å². The Labute approximate surface area is 145 Å². The van der Waals surface area contributed by atoms with E-state index in [1.807, 2.05) is 44.4 Å². The van der Waals surface area contributed by atoms with Crippen LogP contribution in [0.25, 0.3) is 0 Å². The Morgan fingerprint density at radius 3 is 2.96 bits per heavy atom. The van der Waals surface area contributed by atoms with Crippen LogP contribution in [0.5, 0.6) is 5.75 Å². The Bertz CT molecular complexity index is 729. The zero-order valence-corrected chi connectivity index (χ0v) is 14.9. The Balaban J connectivity index is 1.70. The van der Waals surface area contributed by atoms with E-state index in [9.17, 15) is 4.79 Å². The molecule has 0 bridgehead atoms. The molecule has 0 saturated heterocycles. The number of aryl methyl sites for hydroxylation is 1. The van der Waals surface area contributed by atoms with Gasteiger partial charge in [0.15, 0.2) is 5.82 Å². The third-order valence-electron chi connectivity index (χ3n) is 3.72. The molecule has 2 heterocycles. The number of hydrogen-bond acceptors (Lipinski definition) is 6. The summed E-state index contributed by atoms with van der Waals surface area (Å²) in [5, 5.41) is 3.90. The normalized spacial score (nSPS) is 15.7. The first kappa shape index (κ1) is 16.8. The van der Waals surface area contributed by atoms with Gasteiger partial charge in [0.25, 0.3) is 0 Å². The molecular formula is C17H21N3O3S. The van der Waals surface area contributed by atoms with Gasteiger partial charge in [-0.1, -0.05) is 17.3 Å². The summed E-state index contributed by atoms with van der Waals surface area (Å²) in [6.45, 7) is 4.48. The molecule has 24 heavy (non-hydrogen) atoms. The fourth-order valence-corrected chi connectivity index (χ4v) is 3.09. The maximum absolute atomic E-state index is 12.7. The van der Waals surface area contributed by atoms with Crippen LogP contribution in [0, 0.1) is 0 Å². The number of anilines is 1. The number of rotatable bonds is 5. The third-order valence-corrected chi connectivity index (χ3v) is 4.27. The molecule has 1 aliphatic rings. The van der Waals surface area contributed by atoms with Crippen molar-refractivity contribution in [3.8, 4) is 5.75 Å². The number of carbonyl (C=O) groups is 1. The average Bonchev–Trinajstić information content (AvgIpc) is 2.99. The number of para-hydroxylation sites is 2. The van der Waals surface area contributed by atoms with Gasteiger partial charge in [0, 0.05) is 12.8 Å². The molecule has 6 nitrogen and oxygen atoms in total. The van der Waals surface area contributed by atoms with E-state index in [-0.39, 0.29) is 5.91 Å². The molecule has 1 aromatic heterocycles. The van der Waals surface area contributed by atoms with Gasteiger partial charge in [0.2, 0.25) is 11.8 Å². The summed E-state index contributed by atoms with van der Waals surface area (Å²) in [6.07, 6.45) is 2.75. The molecule has 3 rings (SSSR count). The molecule has 1 amide bonds. The van der Waals surface area contributed by atoms with Gasteiger partial charge in [0.1, 0.15) is 11.4 Å². The molecule has 1 aliphatic heterocycles. The van der Waals surface area contributed by atoms with Crippen LogP contribution in [-0.2, 0) is 17.0 Å². The highest BCUT2D eigenvalue weighted by atomic mass is 32.2.